The highest BCUT2D eigenvalue weighted by molar-refractivity contribution is 6.17. The summed E-state index contributed by atoms with van der Waals surface area (Å²) in [6, 6.07) is 18.3. The van der Waals surface area contributed by atoms with Gasteiger partial charge in [0.2, 0.25) is 0 Å². The highest BCUT2D eigenvalue weighted by Crippen LogP contribution is 2.13. The zero-order chi connectivity index (χ0) is 15.2. The number of hydrogen-bond donors (Lipinski definition) is 0. The summed E-state index contributed by atoms with van der Waals surface area (Å²) in [5.41, 5.74) is 4.32. The molecule has 0 N–H and O–H groups in total. The molecule has 112 valence electrons. The molecule has 0 aliphatic heterocycles. The van der Waals surface area contributed by atoms with Crippen LogP contribution >= 0.6 is 11.6 Å². The summed E-state index contributed by atoms with van der Waals surface area (Å²) in [7, 11) is 0. The maximum absolute atomic E-state index is 5.81. The standard InChI is InChI=1S/C18H17ClN2O/c19-10-17-11-20-21(12-17)18-8-4-7-16(9-18)14-22-13-15-5-2-1-3-6-15/h1-9,11-12H,10,13-14H2. The lowest BCUT2D eigenvalue weighted by atomic mass is 10.2. The maximum Gasteiger partial charge on any atom is 0.0722 e. The summed E-state index contributed by atoms with van der Waals surface area (Å²) >= 11 is 5.81. The lowest BCUT2D eigenvalue weighted by Crippen LogP contribution is -1.98. The van der Waals surface area contributed by atoms with E-state index < -0.39 is 0 Å². The normalized spacial score (nSPS) is 10.8. The van der Waals surface area contributed by atoms with E-state index in [9.17, 15) is 0 Å². The summed E-state index contributed by atoms with van der Waals surface area (Å²) in [6.45, 7) is 1.19. The van der Waals surface area contributed by atoms with Crippen LogP contribution < -0.4 is 0 Å². The van der Waals surface area contributed by atoms with Crippen molar-refractivity contribution in [2.75, 3.05) is 0 Å². The van der Waals surface area contributed by atoms with Gasteiger partial charge in [-0.1, -0.05) is 42.5 Å². The fraction of sp³-hybridized carbons (Fsp3) is 0.167. The van der Waals surface area contributed by atoms with E-state index in [0.29, 0.717) is 19.1 Å². The number of rotatable bonds is 6. The van der Waals surface area contributed by atoms with E-state index in [2.05, 4.69) is 29.4 Å². The van der Waals surface area contributed by atoms with E-state index >= 15 is 0 Å². The van der Waals surface area contributed by atoms with Crippen molar-refractivity contribution in [3.8, 4) is 5.69 Å². The zero-order valence-corrected chi connectivity index (χ0v) is 12.9. The average molecular weight is 313 g/mol. The van der Waals surface area contributed by atoms with Crippen molar-refractivity contribution in [1.82, 2.24) is 9.78 Å². The molecule has 2 aromatic carbocycles. The first-order valence-corrected chi connectivity index (χ1v) is 7.69. The molecule has 22 heavy (non-hydrogen) atoms. The minimum Gasteiger partial charge on any atom is -0.372 e. The van der Waals surface area contributed by atoms with Gasteiger partial charge in [-0.05, 0) is 23.3 Å². The Hall–Kier alpha value is -2.10. The van der Waals surface area contributed by atoms with Gasteiger partial charge >= 0.3 is 0 Å². The first-order chi connectivity index (χ1) is 10.8. The molecule has 1 aromatic heterocycles. The van der Waals surface area contributed by atoms with Crippen LogP contribution in [0.15, 0.2) is 67.0 Å². The quantitative estimate of drug-likeness (QED) is 0.634. The van der Waals surface area contributed by atoms with Gasteiger partial charge in [-0.25, -0.2) is 4.68 Å². The summed E-state index contributed by atoms with van der Waals surface area (Å²) < 4.78 is 7.60. The van der Waals surface area contributed by atoms with Gasteiger partial charge in [0.05, 0.1) is 31.0 Å². The number of benzene rings is 2. The van der Waals surface area contributed by atoms with Gasteiger partial charge in [-0.2, -0.15) is 5.10 Å². The summed E-state index contributed by atoms with van der Waals surface area (Å²) in [4.78, 5) is 0. The molecule has 0 aliphatic carbocycles. The predicted octanol–water partition coefficient (Wildman–Crippen LogP) is 4.33. The minimum atomic E-state index is 0.472. The van der Waals surface area contributed by atoms with Crippen LogP contribution in [0.25, 0.3) is 5.69 Å². The first kappa shape index (κ1) is 14.8. The number of halogens is 1. The Labute approximate surface area is 135 Å². The SMILES string of the molecule is ClCc1cnn(-c2cccc(COCc3ccccc3)c2)c1. The maximum atomic E-state index is 5.81. The Morgan fingerprint density at radius 1 is 0.909 bits per heavy atom. The van der Waals surface area contributed by atoms with Crippen LogP contribution in [0.4, 0.5) is 0 Å². The van der Waals surface area contributed by atoms with E-state index in [1.165, 1.54) is 5.56 Å². The van der Waals surface area contributed by atoms with E-state index in [1.54, 1.807) is 6.20 Å². The molecule has 1 heterocycles. The van der Waals surface area contributed by atoms with Crippen molar-refractivity contribution < 1.29 is 4.74 Å². The molecule has 4 heteroatoms. The van der Waals surface area contributed by atoms with E-state index in [-0.39, 0.29) is 0 Å². The molecule has 3 nitrogen and oxygen atoms in total. The molecule has 0 unspecified atom stereocenters. The van der Waals surface area contributed by atoms with Gasteiger partial charge in [-0.15, -0.1) is 11.6 Å². The van der Waals surface area contributed by atoms with E-state index in [1.807, 2.05) is 41.2 Å². The number of ether oxygens (including phenoxy) is 1. The van der Waals surface area contributed by atoms with Crippen LogP contribution in [0, 0.1) is 0 Å². The second kappa shape index (κ2) is 7.25. The van der Waals surface area contributed by atoms with Crippen LogP contribution in [0.3, 0.4) is 0 Å². The number of aromatic nitrogens is 2. The third-order valence-electron chi connectivity index (χ3n) is 3.35. The number of nitrogens with zero attached hydrogens (tertiary/aromatic N) is 2. The van der Waals surface area contributed by atoms with Crippen LogP contribution in [0.2, 0.25) is 0 Å². The Morgan fingerprint density at radius 3 is 2.45 bits per heavy atom. The van der Waals surface area contributed by atoms with Crippen molar-refractivity contribution in [1.29, 1.82) is 0 Å². The first-order valence-electron chi connectivity index (χ1n) is 7.15. The number of hydrogen-bond acceptors (Lipinski definition) is 2. The predicted molar refractivity (Wildman–Crippen MR) is 88.1 cm³/mol. The van der Waals surface area contributed by atoms with Crippen molar-refractivity contribution in [2.24, 2.45) is 0 Å². The smallest absolute Gasteiger partial charge is 0.0722 e. The highest BCUT2D eigenvalue weighted by Gasteiger charge is 2.02. The fourth-order valence-corrected chi connectivity index (χ4v) is 2.36. The molecule has 0 spiro atoms. The van der Waals surface area contributed by atoms with Crippen LogP contribution in [0.1, 0.15) is 16.7 Å². The van der Waals surface area contributed by atoms with Gasteiger partial charge in [0.25, 0.3) is 0 Å². The highest BCUT2D eigenvalue weighted by atomic mass is 35.5. The Bertz CT molecular complexity index is 725. The molecule has 3 rings (SSSR count). The van der Waals surface area contributed by atoms with Crippen molar-refractivity contribution in [3.63, 3.8) is 0 Å². The van der Waals surface area contributed by atoms with Crippen molar-refractivity contribution in [3.05, 3.63) is 83.7 Å². The lowest BCUT2D eigenvalue weighted by Gasteiger charge is -2.07. The Morgan fingerprint density at radius 2 is 1.68 bits per heavy atom. The molecule has 0 fully saturated rings. The summed E-state index contributed by atoms with van der Waals surface area (Å²) in [6.07, 6.45) is 3.72. The van der Waals surface area contributed by atoms with Gasteiger partial charge < -0.3 is 4.74 Å². The molecular formula is C18H17ClN2O. The van der Waals surface area contributed by atoms with Crippen molar-refractivity contribution in [2.45, 2.75) is 19.1 Å². The average Bonchev–Trinajstić information content (AvgIpc) is 3.05. The lowest BCUT2D eigenvalue weighted by molar-refractivity contribution is 0.107. The van der Waals surface area contributed by atoms with Crippen molar-refractivity contribution >= 4 is 11.6 Å². The topological polar surface area (TPSA) is 27.1 Å². The molecule has 0 aliphatic rings. The molecule has 0 bridgehead atoms. The van der Waals surface area contributed by atoms with Gasteiger partial charge in [-0.3, -0.25) is 0 Å². The second-order valence-electron chi connectivity index (χ2n) is 5.08. The van der Waals surface area contributed by atoms with Gasteiger partial charge in [0, 0.05) is 11.8 Å². The molecular weight excluding hydrogens is 296 g/mol. The van der Waals surface area contributed by atoms with Crippen LogP contribution in [0.5, 0.6) is 0 Å². The second-order valence-corrected chi connectivity index (χ2v) is 5.34. The summed E-state index contributed by atoms with van der Waals surface area (Å²) in [5, 5.41) is 4.32. The summed E-state index contributed by atoms with van der Waals surface area (Å²) in [5.74, 6) is 0.472. The molecule has 0 atom stereocenters. The molecule has 0 radical (unpaired) electrons. The fourth-order valence-electron chi connectivity index (χ4n) is 2.22. The molecule has 0 saturated heterocycles. The third kappa shape index (κ3) is 3.75. The van der Waals surface area contributed by atoms with E-state index in [4.69, 9.17) is 16.3 Å². The number of alkyl halides is 1. The largest absolute Gasteiger partial charge is 0.372 e. The monoisotopic (exact) mass is 312 g/mol. The zero-order valence-electron chi connectivity index (χ0n) is 12.2. The van der Waals surface area contributed by atoms with Gasteiger partial charge in [0.1, 0.15) is 0 Å². The Kier molecular flexibility index (Phi) is 4.88. The Balaban J connectivity index is 1.64. The van der Waals surface area contributed by atoms with Crippen LogP contribution in [-0.4, -0.2) is 9.78 Å². The van der Waals surface area contributed by atoms with Gasteiger partial charge in [0.15, 0.2) is 0 Å². The van der Waals surface area contributed by atoms with Crippen LogP contribution in [-0.2, 0) is 23.8 Å². The molecule has 0 amide bonds. The minimum absolute atomic E-state index is 0.472. The molecule has 3 aromatic rings. The third-order valence-corrected chi connectivity index (χ3v) is 3.65. The molecule has 0 saturated carbocycles. The van der Waals surface area contributed by atoms with E-state index in [0.717, 1.165) is 16.8 Å².